The highest BCUT2D eigenvalue weighted by Gasteiger charge is 2.28. The van der Waals surface area contributed by atoms with Gasteiger partial charge in [-0.2, -0.15) is 0 Å². The third-order valence-corrected chi connectivity index (χ3v) is 10.1. The average molecular weight is 862 g/mol. The number of aliphatic hydroxyl groups excluding tert-OH is 1. The van der Waals surface area contributed by atoms with Crippen molar-refractivity contribution in [3.63, 3.8) is 0 Å². The van der Waals surface area contributed by atoms with E-state index in [-0.39, 0.29) is 12.8 Å². The first kappa shape index (κ1) is 56.7. The van der Waals surface area contributed by atoms with Gasteiger partial charge in [0.1, 0.15) is 12.7 Å². The van der Waals surface area contributed by atoms with Crippen molar-refractivity contribution < 1.29 is 47.8 Å². The average Bonchev–Trinajstić information content (AvgIpc) is 3.22. The normalized spacial score (nSPS) is 14.5. The van der Waals surface area contributed by atoms with E-state index in [1.54, 1.807) is 0 Å². The van der Waals surface area contributed by atoms with Crippen LogP contribution in [0.3, 0.4) is 0 Å². The van der Waals surface area contributed by atoms with Crippen LogP contribution in [0.15, 0.2) is 85.1 Å². The molecule has 60 heavy (non-hydrogen) atoms. The molecule has 0 rings (SSSR count). The van der Waals surface area contributed by atoms with Crippen molar-refractivity contribution >= 4 is 25.7 Å². The molecule has 0 aromatic heterocycles. The van der Waals surface area contributed by atoms with Crippen LogP contribution in [0, 0.1) is 0 Å². The zero-order chi connectivity index (χ0) is 44.2. The number of ether oxygens (including phenoxy) is 1. The highest BCUT2D eigenvalue weighted by molar-refractivity contribution is 7.47. The first-order valence-corrected chi connectivity index (χ1v) is 24.1. The first-order valence-electron chi connectivity index (χ1n) is 22.6. The van der Waals surface area contributed by atoms with E-state index >= 15 is 0 Å². The Labute approximate surface area is 362 Å². The second-order valence-corrected chi connectivity index (χ2v) is 16.3. The van der Waals surface area contributed by atoms with E-state index in [4.69, 9.17) is 13.8 Å². The van der Waals surface area contributed by atoms with Gasteiger partial charge in [-0.15, -0.1) is 0 Å². The Morgan fingerprint density at radius 3 is 1.42 bits per heavy atom. The highest BCUT2D eigenvalue weighted by Crippen LogP contribution is 2.43. The lowest BCUT2D eigenvalue weighted by Crippen LogP contribution is -2.43. The van der Waals surface area contributed by atoms with Crippen molar-refractivity contribution in [3.05, 3.63) is 85.1 Å². The number of aliphatic hydroxyl groups is 1. The fourth-order valence-corrected chi connectivity index (χ4v) is 6.49. The predicted octanol–water partition coefficient (Wildman–Crippen LogP) is 11.9. The van der Waals surface area contributed by atoms with Crippen LogP contribution in [0.25, 0.3) is 0 Å². The second-order valence-electron chi connectivity index (χ2n) is 14.9. The number of amides is 1. The molecule has 1 amide bonds. The van der Waals surface area contributed by atoms with Gasteiger partial charge in [0.05, 0.1) is 13.2 Å². The molecule has 3 atom stereocenters. The van der Waals surface area contributed by atoms with Gasteiger partial charge in [-0.05, 0) is 64.2 Å². The van der Waals surface area contributed by atoms with Gasteiger partial charge in [-0.3, -0.25) is 18.6 Å². The molecule has 0 fully saturated rings. The zero-order valence-corrected chi connectivity index (χ0v) is 37.9. The monoisotopic (exact) mass is 862 g/mol. The quantitative estimate of drug-likeness (QED) is 0.0201. The van der Waals surface area contributed by atoms with Gasteiger partial charge < -0.3 is 25.2 Å². The number of carboxylic acids is 1. The Kier molecular flexibility index (Phi) is 40.0. The van der Waals surface area contributed by atoms with Crippen LogP contribution < -0.4 is 5.32 Å². The summed E-state index contributed by atoms with van der Waals surface area (Å²) in [5.74, 6) is -2.44. The molecule has 0 saturated heterocycles. The van der Waals surface area contributed by atoms with E-state index in [1.807, 2.05) is 12.2 Å². The summed E-state index contributed by atoms with van der Waals surface area (Å²) in [7, 11) is -4.77. The molecule has 0 heterocycles. The summed E-state index contributed by atoms with van der Waals surface area (Å²) < 4.78 is 26.8. The van der Waals surface area contributed by atoms with Crippen molar-refractivity contribution in [2.75, 3.05) is 19.8 Å². The van der Waals surface area contributed by atoms with E-state index in [2.05, 4.69) is 92.1 Å². The van der Waals surface area contributed by atoms with Gasteiger partial charge in [-0.25, -0.2) is 9.36 Å². The summed E-state index contributed by atoms with van der Waals surface area (Å²) in [5, 5.41) is 21.8. The molecule has 342 valence electrons. The Bertz CT molecular complexity index is 1340. The molecule has 0 saturated carbocycles. The number of hydrogen-bond donors (Lipinski definition) is 4. The van der Waals surface area contributed by atoms with Crippen LogP contribution in [0.4, 0.5) is 0 Å². The number of carboxylic acid groups (broad SMARTS) is 1. The molecular formula is C48H80NO10P. The fourth-order valence-electron chi connectivity index (χ4n) is 5.72. The van der Waals surface area contributed by atoms with Gasteiger partial charge in [0.15, 0.2) is 6.04 Å². The van der Waals surface area contributed by atoms with E-state index < -0.39 is 57.6 Å². The Morgan fingerprint density at radius 2 is 0.967 bits per heavy atom. The maximum Gasteiger partial charge on any atom is 0.472 e. The van der Waals surface area contributed by atoms with Gasteiger partial charge in [0.2, 0.25) is 5.91 Å². The van der Waals surface area contributed by atoms with Crippen molar-refractivity contribution in [3.8, 4) is 0 Å². The number of phosphoric acid groups is 1. The van der Waals surface area contributed by atoms with Crippen LogP contribution in [-0.2, 0) is 32.7 Å². The molecule has 4 N–H and O–H groups in total. The molecular weight excluding hydrogens is 781 g/mol. The Morgan fingerprint density at radius 1 is 0.550 bits per heavy atom. The third kappa shape index (κ3) is 41.4. The van der Waals surface area contributed by atoms with E-state index in [0.29, 0.717) is 19.3 Å². The van der Waals surface area contributed by atoms with Crippen LogP contribution in [-0.4, -0.2) is 64.9 Å². The SMILES string of the molecule is CC/C=C\C/C=C\C/C=C\C/C=C\C/C=C\C/C=C\C/C=C\CCCC(=O)OCC(O)COP(=O)(O)OCC(NC(=O)CCCCCCCCCCCCCCC)C(=O)O. The fraction of sp³-hybridized carbons (Fsp3) is 0.646. The number of hydrogen-bond acceptors (Lipinski definition) is 8. The molecule has 0 radical (unpaired) electrons. The van der Waals surface area contributed by atoms with Crippen molar-refractivity contribution in [2.45, 2.75) is 180 Å². The highest BCUT2D eigenvalue weighted by atomic mass is 31.2. The lowest BCUT2D eigenvalue weighted by molar-refractivity contribution is -0.147. The first-order chi connectivity index (χ1) is 29.1. The Hall–Kier alpha value is -3.34. The summed E-state index contributed by atoms with van der Waals surface area (Å²) in [6, 6.07) is -1.55. The Balaban J connectivity index is 3.98. The number of carbonyl (C=O) groups excluding carboxylic acids is 2. The smallest absolute Gasteiger partial charge is 0.472 e. The number of esters is 1. The molecule has 12 heteroatoms. The van der Waals surface area contributed by atoms with Crippen LogP contribution in [0.5, 0.6) is 0 Å². The second kappa shape index (κ2) is 42.4. The minimum Gasteiger partial charge on any atom is -0.480 e. The minimum atomic E-state index is -4.77. The van der Waals surface area contributed by atoms with Crippen LogP contribution >= 0.6 is 7.82 Å². The standard InChI is InChI=1S/C48H80NO10P/c1-3-5-7-9-11-13-15-17-18-19-20-21-22-23-24-25-26-28-30-32-34-36-38-40-47(52)57-41-44(50)42-58-60(55,56)59-43-45(48(53)54)49-46(51)39-37-35-33-31-29-27-16-14-12-10-8-6-4-2/h5,7,11,13,17-18,20-21,23-24,26,28,32,34,44-45,50H,3-4,6,8-10,12,14-16,19,22,25,27,29-31,33,35-43H2,1-2H3,(H,49,51)(H,53,54)(H,55,56)/b7-5-,13-11-,18-17-,21-20-,24-23-,28-26-,34-32-. The van der Waals surface area contributed by atoms with E-state index in [9.17, 15) is 34.1 Å². The maximum atomic E-state index is 12.3. The largest absolute Gasteiger partial charge is 0.480 e. The predicted molar refractivity (Wildman–Crippen MR) is 244 cm³/mol. The number of unbranched alkanes of at least 4 members (excludes halogenated alkanes) is 13. The summed E-state index contributed by atoms with van der Waals surface area (Å²) in [4.78, 5) is 45.9. The summed E-state index contributed by atoms with van der Waals surface area (Å²) >= 11 is 0. The maximum absolute atomic E-state index is 12.3. The molecule has 0 aliphatic rings. The van der Waals surface area contributed by atoms with Crippen molar-refractivity contribution in [1.29, 1.82) is 0 Å². The van der Waals surface area contributed by atoms with Crippen LogP contribution in [0.1, 0.15) is 168 Å². The number of allylic oxidation sites excluding steroid dienone is 14. The van der Waals surface area contributed by atoms with Gasteiger partial charge in [0, 0.05) is 12.8 Å². The number of phosphoric ester groups is 1. The number of carbonyl (C=O) groups is 3. The minimum absolute atomic E-state index is 0.140. The number of nitrogens with one attached hydrogen (secondary N) is 1. The van der Waals surface area contributed by atoms with Gasteiger partial charge in [-0.1, -0.05) is 176 Å². The van der Waals surface area contributed by atoms with E-state index in [1.165, 1.54) is 57.8 Å². The summed E-state index contributed by atoms with van der Waals surface area (Å²) in [6.07, 6.45) is 51.9. The lowest BCUT2D eigenvalue weighted by atomic mass is 10.0. The molecule has 0 aliphatic carbocycles. The number of aliphatic carboxylic acids is 1. The van der Waals surface area contributed by atoms with Gasteiger partial charge >= 0.3 is 19.8 Å². The lowest BCUT2D eigenvalue weighted by Gasteiger charge is -2.18. The molecule has 11 nitrogen and oxygen atoms in total. The topological polar surface area (TPSA) is 169 Å². The molecule has 0 aromatic rings. The van der Waals surface area contributed by atoms with Crippen molar-refractivity contribution in [1.82, 2.24) is 5.32 Å². The van der Waals surface area contributed by atoms with Crippen LogP contribution in [0.2, 0.25) is 0 Å². The molecule has 3 unspecified atom stereocenters. The van der Waals surface area contributed by atoms with E-state index in [0.717, 1.165) is 64.2 Å². The number of rotatable bonds is 41. The van der Waals surface area contributed by atoms with Crippen molar-refractivity contribution in [2.24, 2.45) is 0 Å². The molecule has 0 aliphatic heterocycles. The molecule has 0 aromatic carbocycles. The zero-order valence-electron chi connectivity index (χ0n) is 37.0. The molecule has 0 spiro atoms. The summed E-state index contributed by atoms with van der Waals surface area (Å²) in [6.45, 7) is 2.40. The molecule has 0 bridgehead atoms. The van der Waals surface area contributed by atoms with Gasteiger partial charge in [0.25, 0.3) is 0 Å². The summed E-state index contributed by atoms with van der Waals surface area (Å²) in [5.41, 5.74) is 0. The third-order valence-electron chi connectivity index (χ3n) is 9.20.